The monoisotopic (exact) mass is 403 g/mol. The van der Waals surface area contributed by atoms with E-state index in [0.717, 1.165) is 39.0 Å². The van der Waals surface area contributed by atoms with Crippen LogP contribution in [0, 0.1) is 5.41 Å². The van der Waals surface area contributed by atoms with E-state index in [-0.39, 0.29) is 5.91 Å². The van der Waals surface area contributed by atoms with E-state index >= 15 is 0 Å². The number of nitrogens with one attached hydrogen (secondary N) is 1. The zero-order valence-electron chi connectivity index (χ0n) is 17.3. The molecule has 156 valence electrons. The molecular weight excluding hydrogens is 374 g/mol. The number of hydrogen-bond donors (Lipinski definition) is 2. The molecular formula is C25H29N3O2. The molecule has 5 nitrogen and oxygen atoms in total. The SMILES string of the molecule is O=C1NCCC[C@]12CN(Cc1ccc3ccn(Cc4ccccc4)c3c1)CC[C@H]2O. The average molecular weight is 404 g/mol. The average Bonchev–Trinajstić information content (AvgIpc) is 3.15. The maximum atomic E-state index is 12.6. The van der Waals surface area contributed by atoms with E-state index < -0.39 is 11.5 Å². The number of nitrogens with zero attached hydrogens (tertiary/aromatic N) is 2. The lowest BCUT2D eigenvalue weighted by Crippen LogP contribution is -2.61. The van der Waals surface area contributed by atoms with E-state index in [0.29, 0.717) is 13.0 Å². The number of amides is 1. The zero-order chi connectivity index (χ0) is 20.6. The Morgan fingerprint density at radius 1 is 1.07 bits per heavy atom. The van der Waals surface area contributed by atoms with Gasteiger partial charge in [-0.25, -0.2) is 0 Å². The minimum atomic E-state index is -0.645. The van der Waals surface area contributed by atoms with Crippen molar-refractivity contribution in [3.63, 3.8) is 0 Å². The van der Waals surface area contributed by atoms with Gasteiger partial charge in [0.05, 0.1) is 11.5 Å². The van der Waals surface area contributed by atoms with E-state index in [2.05, 4.69) is 69.5 Å². The Morgan fingerprint density at radius 3 is 2.77 bits per heavy atom. The summed E-state index contributed by atoms with van der Waals surface area (Å²) in [6, 6.07) is 19.3. The minimum Gasteiger partial charge on any atom is -0.392 e. The maximum absolute atomic E-state index is 12.6. The highest BCUT2D eigenvalue weighted by molar-refractivity contribution is 5.84. The lowest BCUT2D eigenvalue weighted by Gasteiger charge is -2.47. The molecule has 2 aromatic carbocycles. The Kier molecular flexibility index (Phi) is 5.09. The van der Waals surface area contributed by atoms with Gasteiger partial charge in [-0.1, -0.05) is 42.5 Å². The van der Waals surface area contributed by atoms with E-state index in [1.54, 1.807) is 0 Å². The number of carbonyl (C=O) groups excluding carboxylic acids is 1. The molecule has 1 spiro atoms. The predicted octanol–water partition coefficient (Wildman–Crippen LogP) is 3.15. The number of aromatic nitrogens is 1. The smallest absolute Gasteiger partial charge is 0.230 e. The fourth-order valence-corrected chi connectivity index (χ4v) is 5.17. The largest absolute Gasteiger partial charge is 0.392 e. The van der Waals surface area contributed by atoms with Gasteiger partial charge in [0.15, 0.2) is 0 Å². The van der Waals surface area contributed by atoms with E-state index in [1.807, 2.05) is 6.07 Å². The molecule has 2 aliphatic heterocycles. The first kappa shape index (κ1) is 19.3. The number of aliphatic hydroxyl groups excluding tert-OH is 1. The normalized spacial score (nSPS) is 25.0. The summed E-state index contributed by atoms with van der Waals surface area (Å²) in [6.45, 7) is 3.83. The highest BCUT2D eigenvalue weighted by Crippen LogP contribution is 2.37. The second-order valence-corrected chi connectivity index (χ2v) is 8.85. The molecule has 2 fully saturated rings. The molecule has 5 heteroatoms. The molecule has 0 saturated carbocycles. The highest BCUT2D eigenvalue weighted by atomic mass is 16.3. The first-order valence-electron chi connectivity index (χ1n) is 10.9. The maximum Gasteiger partial charge on any atom is 0.230 e. The van der Waals surface area contributed by atoms with Crippen LogP contribution in [0.15, 0.2) is 60.8 Å². The molecule has 5 rings (SSSR count). The number of fused-ring (bicyclic) bond motifs is 1. The Hall–Kier alpha value is -2.63. The van der Waals surface area contributed by atoms with Gasteiger partial charge in [-0.2, -0.15) is 0 Å². The molecule has 0 unspecified atom stereocenters. The fourth-order valence-electron chi connectivity index (χ4n) is 5.17. The van der Waals surface area contributed by atoms with E-state index in [9.17, 15) is 9.90 Å². The van der Waals surface area contributed by atoms with Gasteiger partial charge in [-0.3, -0.25) is 9.69 Å². The third kappa shape index (κ3) is 3.53. The number of likely N-dealkylation sites (tertiary alicyclic amines) is 1. The minimum absolute atomic E-state index is 0.0261. The number of piperidine rings is 2. The summed E-state index contributed by atoms with van der Waals surface area (Å²) in [5.41, 5.74) is 3.13. The summed E-state index contributed by atoms with van der Waals surface area (Å²) in [5, 5.41) is 14.9. The highest BCUT2D eigenvalue weighted by Gasteiger charge is 2.49. The molecule has 1 amide bonds. The van der Waals surface area contributed by atoms with Crippen LogP contribution in [0.1, 0.15) is 30.4 Å². The molecule has 2 aliphatic rings. The lowest BCUT2D eigenvalue weighted by molar-refractivity contribution is -0.149. The molecule has 3 heterocycles. The Morgan fingerprint density at radius 2 is 1.93 bits per heavy atom. The standard InChI is InChI=1S/C25H29N3O2/c29-23-10-13-27(18-25(23)11-4-12-26-24(25)30)16-20-7-8-21-9-14-28(22(21)15-20)17-19-5-2-1-3-6-19/h1-3,5-9,14-15,23,29H,4,10-13,16-18H2,(H,26,30)/t23-,25-/m1/s1. The van der Waals surface area contributed by atoms with Crippen LogP contribution in [-0.4, -0.2) is 46.2 Å². The Bertz CT molecular complexity index is 1040. The van der Waals surface area contributed by atoms with Crippen molar-refractivity contribution in [1.29, 1.82) is 0 Å². The Balaban J connectivity index is 1.36. The second-order valence-electron chi connectivity index (χ2n) is 8.85. The second kappa shape index (κ2) is 7.89. The molecule has 2 saturated heterocycles. The number of benzene rings is 2. The molecule has 0 radical (unpaired) electrons. The summed E-state index contributed by atoms with van der Waals surface area (Å²) in [6.07, 6.45) is 3.98. The summed E-state index contributed by atoms with van der Waals surface area (Å²) in [5.74, 6) is 0.0261. The number of hydrogen-bond acceptors (Lipinski definition) is 3. The fraction of sp³-hybridized carbons (Fsp3) is 0.400. The van der Waals surface area contributed by atoms with Crippen molar-refractivity contribution < 1.29 is 9.90 Å². The van der Waals surface area contributed by atoms with E-state index in [4.69, 9.17) is 0 Å². The Labute approximate surface area is 177 Å². The van der Waals surface area contributed by atoms with Crippen LogP contribution < -0.4 is 5.32 Å². The van der Waals surface area contributed by atoms with Crippen molar-refractivity contribution in [2.24, 2.45) is 5.41 Å². The van der Waals surface area contributed by atoms with Crippen molar-refractivity contribution in [3.8, 4) is 0 Å². The van der Waals surface area contributed by atoms with Gasteiger partial charge in [-0.05, 0) is 47.9 Å². The van der Waals surface area contributed by atoms with Gasteiger partial charge < -0.3 is 15.0 Å². The van der Waals surface area contributed by atoms with Crippen molar-refractivity contribution in [2.45, 2.75) is 38.5 Å². The van der Waals surface area contributed by atoms with Crippen LogP contribution in [0.2, 0.25) is 0 Å². The van der Waals surface area contributed by atoms with Crippen LogP contribution in [0.25, 0.3) is 10.9 Å². The van der Waals surface area contributed by atoms with Crippen LogP contribution >= 0.6 is 0 Å². The number of rotatable bonds is 4. The van der Waals surface area contributed by atoms with Gasteiger partial charge in [0, 0.05) is 44.4 Å². The van der Waals surface area contributed by atoms with Gasteiger partial charge in [-0.15, -0.1) is 0 Å². The van der Waals surface area contributed by atoms with Crippen LogP contribution in [0.5, 0.6) is 0 Å². The molecule has 0 bridgehead atoms. The van der Waals surface area contributed by atoms with Crippen LogP contribution in [0.4, 0.5) is 0 Å². The predicted molar refractivity (Wildman–Crippen MR) is 118 cm³/mol. The van der Waals surface area contributed by atoms with Gasteiger partial charge in [0.1, 0.15) is 0 Å². The van der Waals surface area contributed by atoms with Gasteiger partial charge >= 0.3 is 0 Å². The molecule has 1 aromatic heterocycles. The molecule has 2 N–H and O–H groups in total. The third-order valence-corrected chi connectivity index (χ3v) is 6.84. The van der Waals surface area contributed by atoms with E-state index in [1.165, 1.54) is 22.0 Å². The first-order valence-corrected chi connectivity index (χ1v) is 10.9. The first-order chi connectivity index (χ1) is 14.6. The summed E-state index contributed by atoms with van der Waals surface area (Å²) >= 11 is 0. The van der Waals surface area contributed by atoms with Crippen molar-refractivity contribution in [1.82, 2.24) is 14.8 Å². The van der Waals surface area contributed by atoms with Crippen molar-refractivity contribution in [2.75, 3.05) is 19.6 Å². The summed E-state index contributed by atoms with van der Waals surface area (Å²) < 4.78 is 2.30. The lowest BCUT2D eigenvalue weighted by atomic mass is 9.71. The zero-order valence-corrected chi connectivity index (χ0v) is 17.3. The van der Waals surface area contributed by atoms with Crippen molar-refractivity contribution >= 4 is 16.8 Å². The number of carbonyl (C=O) groups is 1. The third-order valence-electron chi connectivity index (χ3n) is 6.84. The molecule has 2 atom stereocenters. The number of aliphatic hydroxyl groups is 1. The quantitative estimate of drug-likeness (QED) is 0.704. The topological polar surface area (TPSA) is 57.5 Å². The van der Waals surface area contributed by atoms with Crippen LogP contribution in [0.3, 0.4) is 0 Å². The molecule has 30 heavy (non-hydrogen) atoms. The summed E-state index contributed by atoms with van der Waals surface area (Å²) in [4.78, 5) is 15.0. The van der Waals surface area contributed by atoms with Gasteiger partial charge in [0.25, 0.3) is 0 Å². The van der Waals surface area contributed by atoms with Gasteiger partial charge in [0.2, 0.25) is 5.91 Å². The molecule has 0 aliphatic carbocycles. The van der Waals surface area contributed by atoms with Crippen molar-refractivity contribution in [3.05, 3.63) is 71.9 Å². The van der Waals surface area contributed by atoms with Crippen LogP contribution in [-0.2, 0) is 17.9 Å². The summed E-state index contributed by atoms with van der Waals surface area (Å²) in [7, 11) is 0. The molecule has 3 aromatic rings.